The van der Waals surface area contributed by atoms with Gasteiger partial charge in [-0.1, -0.05) is 36.2 Å². The van der Waals surface area contributed by atoms with Gasteiger partial charge in [0.25, 0.3) is 5.91 Å². The molecular weight excluding hydrogens is 332 g/mol. The maximum atomic E-state index is 12.4. The van der Waals surface area contributed by atoms with Crippen molar-refractivity contribution in [1.82, 2.24) is 20.3 Å². The lowest BCUT2D eigenvalue weighted by atomic mass is 10.1. The third-order valence-corrected chi connectivity index (χ3v) is 3.61. The van der Waals surface area contributed by atoms with E-state index in [0.29, 0.717) is 17.1 Å². The van der Waals surface area contributed by atoms with E-state index in [9.17, 15) is 9.59 Å². The van der Waals surface area contributed by atoms with E-state index < -0.39 is 17.9 Å². The van der Waals surface area contributed by atoms with Crippen LogP contribution in [0, 0.1) is 0 Å². The summed E-state index contributed by atoms with van der Waals surface area (Å²) >= 11 is 6.01. The molecule has 1 amide bonds. The summed E-state index contributed by atoms with van der Waals surface area (Å²) in [6.07, 6.45) is 1.26. The third kappa shape index (κ3) is 4.32. The molecule has 1 aromatic carbocycles. The lowest BCUT2D eigenvalue weighted by molar-refractivity contribution is -0.137. The summed E-state index contributed by atoms with van der Waals surface area (Å²) < 4.78 is 1.59. The maximum Gasteiger partial charge on any atom is 0.305 e. The first-order valence-corrected chi connectivity index (χ1v) is 8.03. The van der Waals surface area contributed by atoms with Crippen LogP contribution in [0.15, 0.2) is 24.3 Å². The van der Waals surface area contributed by atoms with Crippen LogP contribution in [0.5, 0.6) is 0 Å². The quantitative estimate of drug-likeness (QED) is 0.799. The summed E-state index contributed by atoms with van der Waals surface area (Å²) in [5, 5.41) is 20.0. The molecule has 1 aromatic heterocycles. The molecule has 2 N–H and O–H groups in total. The van der Waals surface area contributed by atoms with Gasteiger partial charge in [-0.2, -0.15) is 0 Å². The highest BCUT2D eigenvalue weighted by atomic mass is 35.5. The minimum Gasteiger partial charge on any atom is -0.481 e. The van der Waals surface area contributed by atoms with Crippen molar-refractivity contribution in [2.24, 2.45) is 0 Å². The molecule has 2 rings (SSSR count). The molecule has 24 heavy (non-hydrogen) atoms. The predicted molar refractivity (Wildman–Crippen MR) is 89.5 cm³/mol. The molecule has 7 nitrogen and oxygen atoms in total. The van der Waals surface area contributed by atoms with Crippen LogP contribution in [0.1, 0.15) is 42.9 Å². The number of halogens is 1. The molecule has 0 spiro atoms. The second-order valence-corrected chi connectivity index (χ2v) is 5.94. The third-order valence-electron chi connectivity index (χ3n) is 3.38. The number of amides is 1. The highest BCUT2D eigenvalue weighted by Gasteiger charge is 2.22. The molecule has 0 saturated heterocycles. The number of rotatable bonds is 7. The first kappa shape index (κ1) is 17.9. The molecule has 1 heterocycles. The van der Waals surface area contributed by atoms with Gasteiger partial charge in [-0.25, -0.2) is 4.68 Å². The summed E-state index contributed by atoms with van der Waals surface area (Å²) in [5.74, 6) is -1.40. The molecule has 0 aliphatic heterocycles. The molecule has 0 saturated carbocycles. The minimum absolute atomic E-state index is 0.155. The van der Waals surface area contributed by atoms with Crippen LogP contribution in [-0.2, 0) is 11.2 Å². The number of carbonyl (C=O) groups excluding carboxylic acids is 1. The second-order valence-electron chi connectivity index (χ2n) is 5.50. The minimum atomic E-state index is -0.973. The fourth-order valence-electron chi connectivity index (χ4n) is 2.36. The summed E-state index contributed by atoms with van der Waals surface area (Å²) in [4.78, 5) is 23.1. The number of carbonyl (C=O) groups is 2. The number of aliphatic carboxylic acids is 1. The van der Waals surface area contributed by atoms with Crippen molar-refractivity contribution in [2.45, 2.75) is 39.2 Å². The number of aromatic nitrogens is 3. The number of hydrogen-bond acceptors (Lipinski definition) is 4. The average Bonchev–Trinajstić information content (AvgIpc) is 2.90. The van der Waals surface area contributed by atoms with E-state index >= 15 is 0 Å². The lowest BCUT2D eigenvalue weighted by Gasteiger charge is -2.11. The van der Waals surface area contributed by atoms with Crippen molar-refractivity contribution < 1.29 is 14.7 Å². The van der Waals surface area contributed by atoms with Gasteiger partial charge in [0.1, 0.15) is 0 Å². The van der Waals surface area contributed by atoms with Gasteiger partial charge in [-0.15, -0.1) is 5.10 Å². The van der Waals surface area contributed by atoms with Crippen molar-refractivity contribution in [2.75, 3.05) is 0 Å². The van der Waals surface area contributed by atoms with Gasteiger partial charge in [0.05, 0.1) is 17.8 Å². The largest absolute Gasteiger partial charge is 0.481 e. The van der Waals surface area contributed by atoms with Gasteiger partial charge >= 0.3 is 5.97 Å². The van der Waals surface area contributed by atoms with Crippen LogP contribution >= 0.6 is 11.6 Å². The van der Waals surface area contributed by atoms with Crippen molar-refractivity contribution in [3.05, 3.63) is 40.7 Å². The Bertz CT molecular complexity index is 745. The van der Waals surface area contributed by atoms with Gasteiger partial charge in [-0.05, 0) is 31.5 Å². The van der Waals surface area contributed by atoms with E-state index in [-0.39, 0.29) is 12.1 Å². The second kappa shape index (κ2) is 7.92. The van der Waals surface area contributed by atoms with E-state index in [0.717, 1.165) is 12.1 Å². The van der Waals surface area contributed by atoms with Gasteiger partial charge in [-0.3, -0.25) is 9.59 Å². The summed E-state index contributed by atoms with van der Waals surface area (Å²) in [7, 11) is 0. The zero-order valence-electron chi connectivity index (χ0n) is 13.5. The number of benzene rings is 1. The van der Waals surface area contributed by atoms with E-state index in [2.05, 4.69) is 15.6 Å². The van der Waals surface area contributed by atoms with E-state index in [1.165, 1.54) is 0 Å². The zero-order valence-corrected chi connectivity index (χ0v) is 14.2. The smallest absolute Gasteiger partial charge is 0.305 e. The Morgan fingerprint density at radius 1 is 1.42 bits per heavy atom. The van der Waals surface area contributed by atoms with Crippen molar-refractivity contribution in [3.63, 3.8) is 0 Å². The first-order chi connectivity index (χ1) is 11.4. The summed E-state index contributed by atoms with van der Waals surface area (Å²) in [6, 6.07) is 6.62. The number of nitrogens with one attached hydrogen (secondary N) is 1. The Labute approximate surface area is 144 Å². The number of nitrogens with zero attached hydrogens (tertiary/aromatic N) is 3. The molecule has 0 bridgehead atoms. The van der Waals surface area contributed by atoms with Gasteiger partial charge in [0, 0.05) is 11.1 Å². The SMILES string of the molecule is CCCc1c(C(=O)NC(C)CC(=O)O)nnn1-c1cccc(Cl)c1. The van der Waals surface area contributed by atoms with Crippen molar-refractivity contribution in [1.29, 1.82) is 0 Å². The van der Waals surface area contributed by atoms with Crippen LogP contribution in [-0.4, -0.2) is 38.0 Å². The van der Waals surface area contributed by atoms with E-state index in [1.807, 2.05) is 13.0 Å². The maximum absolute atomic E-state index is 12.4. The highest BCUT2D eigenvalue weighted by molar-refractivity contribution is 6.30. The topological polar surface area (TPSA) is 97.1 Å². The predicted octanol–water partition coefficient (Wildman–Crippen LogP) is 2.47. The fraction of sp³-hybridized carbons (Fsp3) is 0.375. The van der Waals surface area contributed by atoms with Crippen molar-refractivity contribution in [3.8, 4) is 5.69 Å². The Hall–Kier alpha value is -2.41. The van der Waals surface area contributed by atoms with Crippen LogP contribution < -0.4 is 5.32 Å². The highest BCUT2D eigenvalue weighted by Crippen LogP contribution is 2.18. The van der Waals surface area contributed by atoms with Gasteiger partial charge < -0.3 is 10.4 Å². The molecule has 128 valence electrons. The Balaban J connectivity index is 2.31. The van der Waals surface area contributed by atoms with E-state index in [4.69, 9.17) is 16.7 Å². The Morgan fingerprint density at radius 2 is 2.17 bits per heavy atom. The van der Waals surface area contributed by atoms with Crippen molar-refractivity contribution >= 4 is 23.5 Å². The number of hydrogen-bond donors (Lipinski definition) is 2. The standard InChI is InChI=1S/C16H19ClN4O3/c1-3-5-13-15(16(24)18-10(2)8-14(22)23)19-20-21(13)12-7-4-6-11(17)9-12/h4,6-7,9-10H,3,5,8H2,1-2H3,(H,18,24)(H,22,23). The molecule has 1 atom stereocenters. The molecular formula is C16H19ClN4O3. The molecule has 2 aromatic rings. The van der Waals surface area contributed by atoms with Crippen LogP contribution in [0.4, 0.5) is 0 Å². The normalized spacial score (nSPS) is 12.0. The molecule has 0 radical (unpaired) electrons. The Kier molecular flexibility index (Phi) is 5.92. The molecule has 0 aliphatic rings. The summed E-state index contributed by atoms with van der Waals surface area (Å²) in [5.41, 5.74) is 1.59. The number of carboxylic acids is 1. The summed E-state index contributed by atoms with van der Waals surface area (Å²) in [6.45, 7) is 3.62. The van der Waals surface area contributed by atoms with Crippen LogP contribution in [0.3, 0.4) is 0 Å². The fourth-order valence-corrected chi connectivity index (χ4v) is 2.54. The monoisotopic (exact) mass is 350 g/mol. The van der Waals surface area contributed by atoms with Crippen LogP contribution in [0.25, 0.3) is 5.69 Å². The van der Waals surface area contributed by atoms with Gasteiger partial charge in [0.15, 0.2) is 5.69 Å². The molecule has 0 aliphatic carbocycles. The average molecular weight is 351 g/mol. The molecule has 1 unspecified atom stereocenters. The Morgan fingerprint density at radius 3 is 2.79 bits per heavy atom. The molecule has 8 heteroatoms. The molecule has 0 fully saturated rings. The first-order valence-electron chi connectivity index (χ1n) is 7.65. The van der Waals surface area contributed by atoms with Gasteiger partial charge in [0.2, 0.25) is 0 Å². The van der Waals surface area contributed by atoms with Crippen LogP contribution in [0.2, 0.25) is 5.02 Å². The number of carboxylic acid groups (broad SMARTS) is 1. The van der Waals surface area contributed by atoms with E-state index in [1.54, 1.807) is 29.8 Å². The lowest BCUT2D eigenvalue weighted by Crippen LogP contribution is -2.35. The zero-order chi connectivity index (χ0) is 17.7.